The Morgan fingerprint density at radius 3 is 1.64 bits per heavy atom. The van der Waals surface area contributed by atoms with Gasteiger partial charge in [-0.1, -0.05) is 91.9 Å². The molecule has 0 radical (unpaired) electrons. The fourth-order valence-electron chi connectivity index (χ4n) is 5.66. The van der Waals surface area contributed by atoms with Crippen LogP contribution in [0.25, 0.3) is 0 Å². The molecule has 1 heterocycles. The molecule has 7 nitrogen and oxygen atoms in total. The van der Waals surface area contributed by atoms with E-state index in [-0.39, 0.29) is 11.9 Å². The molecular weight excluding hydrogens is 550 g/mol. The minimum Gasteiger partial charge on any atom is -0.466 e. The predicted molar refractivity (Wildman–Crippen MR) is 183 cm³/mol. The number of carbonyl (C=O) groups excluding carboxylic acids is 2. The van der Waals surface area contributed by atoms with Crippen molar-refractivity contribution in [3.05, 3.63) is 18.2 Å². The molecule has 44 heavy (non-hydrogen) atoms. The van der Waals surface area contributed by atoms with Crippen LogP contribution in [0.1, 0.15) is 156 Å². The van der Waals surface area contributed by atoms with Crippen molar-refractivity contribution in [3.8, 4) is 0 Å². The topological polar surface area (TPSA) is 73.7 Å². The Kier molecular flexibility index (Phi) is 25.0. The number of esters is 2. The molecule has 0 aromatic carbocycles. The largest absolute Gasteiger partial charge is 0.466 e. The molecule has 0 saturated carbocycles. The summed E-state index contributed by atoms with van der Waals surface area (Å²) in [4.78, 5) is 31.0. The molecule has 0 N–H and O–H groups in total. The summed E-state index contributed by atoms with van der Waals surface area (Å²) in [6.07, 6.45) is 24.3. The number of hydrogen-bond acceptors (Lipinski definition) is 6. The highest BCUT2D eigenvalue weighted by molar-refractivity contribution is 5.69. The zero-order chi connectivity index (χ0) is 32.3. The molecule has 1 aromatic rings. The quantitative estimate of drug-likeness (QED) is 0.0631. The molecule has 0 spiro atoms. The molecule has 2 atom stereocenters. The van der Waals surface area contributed by atoms with Crippen molar-refractivity contribution >= 4 is 11.9 Å². The first-order valence-corrected chi connectivity index (χ1v) is 18.4. The molecule has 256 valence electrons. The van der Waals surface area contributed by atoms with Crippen molar-refractivity contribution in [2.24, 2.45) is 11.8 Å². The van der Waals surface area contributed by atoms with E-state index in [1.165, 1.54) is 64.2 Å². The van der Waals surface area contributed by atoms with Crippen molar-refractivity contribution in [3.63, 3.8) is 0 Å². The normalized spacial score (nSPS) is 12.9. The third-order valence-electron chi connectivity index (χ3n) is 8.84. The summed E-state index contributed by atoms with van der Waals surface area (Å²) in [5, 5.41) is 0. The van der Waals surface area contributed by atoms with Gasteiger partial charge in [-0.05, 0) is 83.3 Å². The Bertz CT molecular complexity index is 783. The molecule has 0 aliphatic carbocycles. The van der Waals surface area contributed by atoms with E-state index >= 15 is 0 Å². The summed E-state index contributed by atoms with van der Waals surface area (Å²) in [6.45, 7) is 16.4. The van der Waals surface area contributed by atoms with Gasteiger partial charge in [0.05, 0.1) is 13.2 Å². The lowest BCUT2D eigenvalue weighted by molar-refractivity contribution is -0.145. The molecule has 1 rings (SSSR count). The van der Waals surface area contributed by atoms with Gasteiger partial charge in [0.25, 0.3) is 0 Å². The number of ether oxygens (including phenoxy) is 2. The van der Waals surface area contributed by atoms with Crippen LogP contribution in [0.2, 0.25) is 0 Å². The molecule has 0 aliphatic rings. The van der Waals surface area contributed by atoms with Gasteiger partial charge in [-0.3, -0.25) is 9.59 Å². The molecule has 0 amide bonds. The van der Waals surface area contributed by atoms with E-state index in [1.807, 2.05) is 6.20 Å². The lowest BCUT2D eigenvalue weighted by Crippen LogP contribution is -2.28. The highest BCUT2D eigenvalue weighted by Crippen LogP contribution is 2.16. The highest BCUT2D eigenvalue weighted by atomic mass is 16.5. The predicted octanol–water partition coefficient (Wildman–Crippen LogP) is 9.30. The van der Waals surface area contributed by atoms with Crippen LogP contribution in [-0.4, -0.2) is 59.2 Å². The van der Waals surface area contributed by atoms with Gasteiger partial charge in [0, 0.05) is 31.8 Å². The van der Waals surface area contributed by atoms with Crippen LogP contribution in [-0.2, 0) is 25.6 Å². The maximum absolute atomic E-state index is 12.0. The van der Waals surface area contributed by atoms with E-state index < -0.39 is 0 Å². The Morgan fingerprint density at radius 1 is 0.705 bits per heavy atom. The van der Waals surface area contributed by atoms with Crippen LogP contribution < -0.4 is 0 Å². The van der Waals surface area contributed by atoms with Gasteiger partial charge in [-0.25, -0.2) is 4.98 Å². The Hall–Kier alpha value is -1.89. The molecule has 0 saturated heterocycles. The van der Waals surface area contributed by atoms with Crippen LogP contribution in [0.4, 0.5) is 0 Å². The summed E-state index contributed by atoms with van der Waals surface area (Å²) in [6, 6.07) is 0. The van der Waals surface area contributed by atoms with E-state index in [9.17, 15) is 9.59 Å². The second kappa shape index (κ2) is 27.4. The standard InChI is InChI=1S/C37H69N3O4/c1-6-8-19-33(3)21-23-36(41)43-31-16-12-10-14-26-39(28-18-29-40-30-25-38-35(40)5)27-15-11-13-17-32-44-37(42)24-22-34(4)20-9-7-2/h25,30,33-34H,6-24,26-29,31-32H2,1-5H3/t33-,34?/m1/s1. The van der Waals surface area contributed by atoms with Crippen molar-refractivity contribution < 1.29 is 19.1 Å². The van der Waals surface area contributed by atoms with Crippen LogP contribution in [0.15, 0.2) is 12.4 Å². The van der Waals surface area contributed by atoms with Crippen molar-refractivity contribution in [2.45, 2.75) is 163 Å². The Labute approximate surface area is 271 Å². The number of aromatic nitrogens is 2. The van der Waals surface area contributed by atoms with E-state index in [0.717, 1.165) is 76.9 Å². The average molecular weight is 620 g/mol. The number of unbranched alkanes of at least 4 members (excludes halogenated alkanes) is 8. The van der Waals surface area contributed by atoms with Crippen LogP contribution in [0.5, 0.6) is 0 Å². The van der Waals surface area contributed by atoms with Gasteiger partial charge >= 0.3 is 11.9 Å². The first-order valence-electron chi connectivity index (χ1n) is 18.4. The maximum atomic E-state index is 12.0. The smallest absolute Gasteiger partial charge is 0.305 e. The Morgan fingerprint density at radius 2 is 1.18 bits per heavy atom. The minimum atomic E-state index is -0.0294. The first-order chi connectivity index (χ1) is 21.3. The van der Waals surface area contributed by atoms with Gasteiger partial charge in [0.1, 0.15) is 5.82 Å². The van der Waals surface area contributed by atoms with Gasteiger partial charge in [0.2, 0.25) is 0 Å². The van der Waals surface area contributed by atoms with Crippen LogP contribution in [0.3, 0.4) is 0 Å². The number of hydrogen-bond donors (Lipinski definition) is 0. The maximum Gasteiger partial charge on any atom is 0.305 e. The molecule has 7 heteroatoms. The number of carbonyl (C=O) groups is 2. The molecule has 0 bridgehead atoms. The molecule has 0 aliphatic heterocycles. The molecule has 1 aromatic heterocycles. The monoisotopic (exact) mass is 620 g/mol. The minimum absolute atomic E-state index is 0.0294. The lowest BCUT2D eigenvalue weighted by Gasteiger charge is -2.22. The number of nitrogens with zero attached hydrogens (tertiary/aromatic N) is 3. The van der Waals surface area contributed by atoms with E-state index in [2.05, 4.69) is 55.3 Å². The zero-order valence-electron chi connectivity index (χ0n) is 29.5. The number of rotatable bonds is 30. The summed E-state index contributed by atoms with van der Waals surface area (Å²) < 4.78 is 13.2. The van der Waals surface area contributed by atoms with Crippen molar-refractivity contribution in [1.29, 1.82) is 0 Å². The second-order valence-electron chi connectivity index (χ2n) is 13.2. The van der Waals surface area contributed by atoms with Gasteiger partial charge in [-0.15, -0.1) is 0 Å². The molecule has 0 fully saturated rings. The highest BCUT2D eigenvalue weighted by Gasteiger charge is 2.10. The third-order valence-corrected chi connectivity index (χ3v) is 8.84. The lowest BCUT2D eigenvalue weighted by atomic mass is 9.99. The van der Waals surface area contributed by atoms with Crippen molar-refractivity contribution in [1.82, 2.24) is 14.5 Å². The summed E-state index contributed by atoms with van der Waals surface area (Å²) in [7, 11) is 0. The van der Waals surface area contributed by atoms with E-state index in [1.54, 1.807) is 0 Å². The summed E-state index contributed by atoms with van der Waals surface area (Å²) in [5.41, 5.74) is 0. The van der Waals surface area contributed by atoms with E-state index in [4.69, 9.17) is 9.47 Å². The van der Waals surface area contributed by atoms with Gasteiger partial charge < -0.3 is 18.9 Å². The molecule has 1 unspecified atom stereocenters. The summed E-state index contributed by atoms with van der Waals surface area (Å²) in [5.74, 6) is 2.24. The Balaban J connectivity index is 2.20. The average Bonchev–Trinajstić information content (AvgIpc) is 3.43. The third kappa shape index (κ3) is 22.6. The number of aryl methyl sites for hydroxylation is 2. The van der Waals surface area contributed by atoms with Gasteiger partial charge in [-0.2, -0.15) is 0 Å². The summed E-state index contributed by atoms with van der Waals surface area (Å²) >= 11 is 0. The number of imidazole rings is 1. The fraction of sp³-hybridized carbons (Fsp3) is 0.865. The fourth-order valence-corrected chi connectivity index (χ4v) is 5.66. The van der Waals surface area contributed by atoms with Gasteiger partial charge in [0.15, 0.2) is 0 Å². The van der Waals surface area contributed by atoms with Crippen LogP contribution in [0, 0.1) is 18.8 Å². The van der Waals surface area contributed by atoms with Crippen molar-refractivity contribution in [2.75, 3.05) is 32.8 Å². The van der Waals surface area contributed by atoms with Crippen LogP contribution >= 0.6 is 0 Å². The van der Waals surface area contributed by atoms with E-state index in [0.29, 0.717) is 37.9 Å². The zero-order valence-corrected chi connectivity index (χ0v) is 29.5. The SMILES string of the molecule is CCCCC(C)CCC(=O)OCCCCCCN(CCCCCCOC(=O)CC[C@H](C)CCCC)CCCn1ccnc1C. The second-order valence-corrected chi connectivity index (χ2v) is 13.2. The molecular formula is C37H69N3O4. The first kappa shape index (κ1) is 40.1.